The Morgan fingerprint density at radius 2 is 1.85 bits per heavy atom. The van der Waals surface area contributed by atoms with Gasteiger partial charge in [0.25, 0.3) is 0 Å². The van der Waals surface area contributed by atoms with Gasteiger partial charge in [-0.15, -0.1) is 0 Å². The van der Waals surface area contributed by atoms with E-state index in [4.69, 9.17) is 4.74 Å². The van der Waals surface area contributed by atoms with Gasteiger partial charge in [0.2, 0.25) is 0 Å². The van der Waals surface area contributed by atoms with Crippen molar-refractivity contribution in [2.24, 2.45) is 0 Å². The van der Waals surface area contributed by atoms with Crippen LogP contribution in [0.15, 0.2) is 72.9 Å². The summed E-state index contributed by atoms with van der Waals surface area (Å²) in [6, 6.07) is 22.3. The number of fused-ring (bicyclic) bond motifs is 4. The summed E-state index contributed by atoms with van der Waals surface area (Å²) in [6.07, 6.45) is 2.69. The first kappa shape index (κ1) is 16.0. The molecule has 1 atom stereocenters. The highest BCUT2D eigenvalue weighted by Crippen LogP contribution is 2.42. The molecule has 0 radical (unpaired) electrons. The maximum absolute atomic E-state index is 12.6. The third-order valence-electron chi connectivity index (χ3n) is 5.51. The van der Waals surface area contributed by atoms with Gasteiger partial charge in [-0.05, 0) is 36.2 Å². The molecule has 2 aliphatic rings. The van der Waals surface area contributed by atoms with Gasteiger partial charge in [-0.3, -0.25) is 0 Å². The number of likely N-dealkylation sites (tertiary alicyclic amines) is 1. The number of amides is 1. The molecule has 136 valence electrons. The molecule has 1 unspecified atom stereocenters. The van der Waals surface area contributed by atoms with E-state index in [2.05, 4.69) is 40.3 Å². The molecule has 1 fully saturated rings. The van der Waals surface area contributed by atoms with Crippen molar-refractivity contribution in [2.75, 3.05) is 18.4 Å². The maximum atomic E-state index is 12.6. The molecule has 1 aromatic heterocycles. The Hall–Kier alpha value is -3.21. The SMILES string of the molecule is O=C(OCc1ccccc1)N1CCC2(C1)Nc1ccccc1-n1cccc12. The van der Waals surface area contributed by atoms with Gasteiger partial charge in [-0.1, -0.05) is 42.5 Å². The molecule has 1 amide bonds. The van der Waals surface area contributed by atoms with E-state index in [9.17, 15) is 4.79 Å². The molecule has 2 aromatic carbocycles. The number of nitrogens with zero attached hydrogens (tertiary/aromatic N) is 2. The van der Waals surface area contributed by atoms with Crippen LogP contribution in [0.3, 0.4) is 0 Å². The monoisotopic (exact) mass is 359 g/mol. The van der Waals surface area contributed by atoms with Gasteiger partial charge in [-0.25, -0.2) is 4.79 Å². The number of ether oxygens (including phenoxy) is 1. The number of hydrogen-bond acceptors (Lipinski definition) is 3. The summed E-state index contributed by atoms with van der Waals surface area (Å²) in [5, 5.41) is 3.70. The number of carbonyl (C=O) groups excluding carboxylic acids is 1. The number of benzene rings is 2. The summed E-state index contributed by atoms with van der Waals surface area (Å²) in [6.45, 7) is 1.57. The highest BCUT2D eigenvalue weighted by atomic mass is 16.6. The van der Waals surface area contributed by atoms with Gasteiger partial charge < -0.3 is 19.5 Å². The smallest absolute Gasteiger partial charge is 0.410 e. The van der Waals surface area contributed by atoms with Crippen molar-refractivity contribution in [3.63, 3.8) is 0 Å². The Kier molecular flexibility index (Phi) is 3.67. The summed E-state index contributed by atoms with van der Waals surface area (Å²) < 4.78 is 7.76. The predicted octanol–water partition coefficient (Wildman–Crippen LogP) is 4.14. The first-order valence-electron chi connectivity index (χ1n) is 9.26. The summed E-state index contributed by atoms with van der Waals surface area (Å²) >= 11 is 0. The Morgan fingerprint density at radius 1 is 1.04 bits per heavy atom. The summed E-state index contributed by atoms with van der Waals surface area (Å²) in [5.74, 6) is 0. The van der Waals surface area contributed by atoms with E-state index in [0.717, 1.165) is 23.4 Å². The summed E-state index contributed by atoms with van der Waals surface area (Å²) in [4.78, 5) is 14.4. The molecule has 5 nitrogen and oxygen atoms in total. The van der Waals surface area contributed by atoms with E-state index in [0.29, 0.717) is 19.7 Å². The number of para-hydroxylation sites is 2. The minimum Gasteiger partial charge on any atom is -0.445 e. The molecule has 1 saturated heterocycles. The summed E-state index contributed by atoms with van der Waals surface area (Å²) in [7, 11) is 0. The standard InChI is InChI=1S/C22H21N3O2/c26-21(27-15-17-7-2-1-3-8-17)24-14-12-22(16-24)20-11-6-13-25(20)19-10-5-4-9-18(19)23-22/h1-11,13,23H,12,14-16H2. The van der Waals surface area contributed by atoms with Gasteiger partial charge in [-0.2, -0.15) is 0 Å². The molecule has 0 aliphatic carbocycles. The molecular weight excluding hydrogens is 338 g/mol. The average molecular weight is 359 g/mol. The van der Waals surface area contributed by atoms with Crippen LogP contribution in [0.5, 0.6) is 0 Å². The van der Waals surface area contributed by atoms with Crippen molar-refractivity contribution >= 4 is 11.8 Å². The third kappa shape index (κ3) is 2.67. The highest BCUT2D eigenvalue weighted by molar-refractivity contribution is 5.71. The van der Waals surface area contributed by atoms with Crippen LogP contribution in [0.25, 0.3) is 5.69 Å². The van der Waals surface area contributed by atoms with Crippen LogP contribution in [0, 0.1) is 0 Å². The molecule has 27 heavy (non-hydrogen) atoms. The Balaban J connectivity index is 1.35. The highest BCUT2D eigenvalue weighted by Gasteiger charge is 2.46. The van der Waals surface area contributed by atoms with Gasteiger partial charge >= 0.3 is 6.09 Å². The number of rotatable bonds is 2. The largest absolute Gasteiger partial charge is 0.445 e. The zero-order valence-corrected chi connectivity index (χ0v) is 15.0. The van der Waals surface area contributed by atoms with E-state index in [1.807, 2.05) is 42.5 Å². The predicted molar refractivity (Wildman–Crippen MR) is 104 cm³/mol. The molecule has 0 saturated carbocycles. The Bertz CT molecular complexity index is 982. The Labute approximate surface area is 158 Å². The van der Waals surface area contributed by atoms with Crippen molar-refractivity contribution in [2.45, 2.75) is 18.6 Å². The van der Waals surface area contributed by atoms with Crippen molar-refractivity contribution in [3.8, 4) is 5.69 Å². The molecular formula is C22H21N3O2. The molecule has 1 spiro atoms. The molecule has 5 heteroatoms. The molecule has 2 aliphatic heterocycles. The average Bonchev–Trinajstić information content (AvgIpc) is 3.36. The zero-order chi connectivity index (χ0) is 18.3. The lowest BCUT2D eigenvalue weighted by Gasteiger charge is -2.38. The van der Waals surface area contributed by atoms with E-state index in [1.54, 1.807) is 4.90 Å². The van der Waals surface area contributed by atoms with Crippen molar-refractivity contribution in [3.05, 3.63) is 84.2 Å². The van der Waals surface area contributed by atoms with Gasteiger partial charge in [0.05, 0.1) is 29.2 Å². The summed E-state index contributed by atoms with van der Waals surface area (Å²) in [5.41, 5.74) is 4.16. The van der Waals surface area contributed by atoms with Crippen LogP contribution in [-0.2, 0) is 16.9 Å². The van der Waals surface area contributed by atoms with Gasteiger partial charge in [0.1, 0.15) is 6.61 Å². The molecule has 3 aromatic rings. The van der Waals surface area contributed by atoms with Crippen LogP contribution < -0.4 is 5.32 Å². The van der Waals surface area contributed by atoms with E-state index in [1.165, 1.54) is 5.69 Å². The minimum absolute atomic E-state index is 0.255. The number of hydrogen-bond donors (Lipinski definition) is 1. The number of aromatic nitrogens is 1. The quantitative estimate of drug-likeness (QED) is 0.748. The molecule has 5 rings (SSSR count). The first-order valence-corrected chi connectivity index (χ1v) is 9.26. The first-order chi connectivity index (χ1) is 13.3. The maximum Gasteiger partial charge on any atom is 0.410 e. The van der Waals surface area contributed by atoms with Gasteiger partial charge in [0.15, 0.2) is 0 Å². The fourth-order valence-electron chi connectivity index (χ4n) is 4.18. The number of anilines is 1. The van der Waals surface area contributed by atoms with Crippen LogP contribution in [-0.4, -0.2) is 28.6 Å². The fourth-order valence-corrected chi connectivity index (χ4v) is 4.18. The normalized spacial score (nSPS) is 20.1. The van der Waals surface area contributed by atoms with E-state index < -0.39 is 0 Å². The lowest BCUT2D eigenvalue weighted by Crippen LogP contribution is -2.43. The second kappa shape index (κ2) is 6.20. The van der Waals surface area contributed by atoms with Gasteiger partial charge in [0, 0.05) is 12.7 Å². The van der Waals surface area contributed by atoms with Crippen LogP contribution in [0.2, 0.25) is 0 Å². The van der Waals surface area contributed by atoms with Crippen LogP contribution in [0.1, 0.15) is 17.7 Å². The second-order valence-electron chi connectivity index (χ2n) is 7.20. The molecule has 3 heterocycles. The topological polar surface area (TPSA) is 46.5 Å². The fraction of sp³-hybridized carbons (Fsp3) is 0.227. The van der Waals surface area contributed by atoms with E-state index in [-0.39, 0.29) is 11.6 Å². The third-order valence-corrected chi connectivity index (χ3v) is 5.51. The van der Waals surface area contributed by atoms with Crippen molar-refractivity contribution < 1.29 is 9.53 Å². The lowest BCUT2D eigenvalue weighted by atomic mass is 9.91. The lowest BCUT2D eigenvalue weighted by molar-refractivity contribution is 0.102. The molecule has 0 bridgehead atoms. The molecule has 1 N–H and O–H groups in total. The van der Waals surface area contributed by atoms with Crippen LogP contribution in [0.4, 0.5) is 10.5 Å². The number of nitrogens with one attached hydrogen (secondary N) is 1. The second-order valence-corrected chi connectivity index (χ2v) is 7.20. The van der Waals surface area contributed by atoms with E-state index >= 15 is 0 Å². The number of carbonyl (C=O) groups is 1. The van der Waals surface area contributed by atoms with Crippen molar-refractivity contribution in [1.29, 1.82) is 0 Å². The van der Waals surface area contributed by atoms with Crippen molar-refractivity contribution in [1.82, 2.24) is 9.47 Å². The minimum atomic E-state index is -0.274. The van der Waals surface area contributed by atoms with Crippen LogP contribution >= 0.6 is 0 Å². The Morgan fingerprint density at radius 3 is 2.74 bits per heavy atom. The zero-order valence-electron chi connectivity index (χ0n) is 15.0.